The van der Waals surface area contributed by atoms with E-state index in [1.165, 1.54) is 12.8 Å². The Morgan fingerprint density at radius 2 is 1.65 bits per heavy atom. The first-order valence-corrected chi connectivity index (χ1v) is 14.8. The van der Waals surface area contributed by atoms with Gasteiger partial charge in [0.15, 0.2) is 0 Å². The molecule has 0 saturated heterocycles. The van der Waals surface area contributed by atoms with E-state index in [-0.39, 0.29) is 11.9 Å². The van der Waals surface area contributed by atoms with Crippen LogP contribution >= 0.6 is 0 Å². The zero-order valence-corrected chi connectivity index (χ0v) is 24.4. The predicted molar refractivity (Wildman–Crippen MR) is 170 cm³/mol. The summed E-state index contributed by atoms with van der Waals surface area (Å²) in [6, 6.07) is 36.0. The van der Waals surface area contributed by atoms with E-state index in [1.54, 1.807) is 10.7 Å². The summed E-state index contributed by atoms with van der Waals surface area (Å²) in [5.74, 6) is 1.31. The van der Waals surface area contributed by atoms with Gasteiger partial charge in [-0.15, -0.1) is 0 Å². The Labute approximate surface area is 252 Å². The molecule has 1 saturated carbocycles. The second-order valence-corrected chi connectivity index (χ2v) is 11.2. The van der Waals surface area contributed by atoms with Crippen LogP contribution < -0.4 is 21.1 Å². The number of benzene rings is 4. The molecule has 5 aromatic rings. The molecule has 1 aliphatic carbocycles. The van der Waals surface area contributed by atoms with Crippen LogP contribution in [0.5, 0.6) is 5.75 Å². The lowest BCUT2D eigenvalue weighted by atomic mass is 9.97. The van der Waals surface area contributed by atoms with Crippen LogP contribution in [0.15, 0.2) is 109 Å². The summed E-state index contributed by atoms with van der Waals surface area (Å²) < 4.78 is 7.82. The maximum atomic E-state index is 13.6. The maximum Gasteiger partial charge on any atom is 0.274 e. The van der Waals surface area contributed by atoms with Crippen molar-refractivity contribution in [2.24, 2.45) is 11.7 Å². The van der Waals surface area contributed by atoms with Crippen molar-refractivity contribution in [1.82, 2.24) is 15.1 Å². The molecule has 1 aliphatic rings. The van der Waals surface area contributed by atoms with Crippen molar-refractivity contribution in [2.75, 3.05) is 11.9 Å². The second kappa shape index (κ2) is 13.1. The smallest absolute Gasteiger partial charge is 0.274 e. The molecule has 0 aliphatic heterocycles. The number of aromatic nitrogens is 2. The first-order valence-electron chi connectivity index (χ1n) is 14.8. The molecule has 1 fully saturated rings. The average Bonchev–Trinajstić information content (AvgIpc) is 3.79. The normalized spacial score (nSPS) is 13.4. The van der Waals surface area contributed by atoms with E-state index in [1.807, 2.05) is 79.7 Å². The largest absolute Gasteiger partial charge is 0.489 e. The van der Waals surface area contributed by atoms with Crippen molar-refractivity contribution in [2.45, 2.75) is 39.0 Å². The Morgan fingerprint density at radius 3 is 2.44 bits per heavy atom. The van der Waals surface area contributed by atoms with E-state index in [4.69, 9.17) is 10.5 Å². The number of hydrogen-bond acceptors (Lipinski definition) is 5. The average molecular weight is 572 g/mol. The predicted octanol–water partition coefficient (Wildman–Crippen LogP) is 6.56. The van der Waals surface area contributed by atoms with Crippen molar-refractivity contribution in [3.63, 3.8) is 0 Å². The van der Waals surface area contributed by atoms with Gasteiger partial charge in [-0.2, -0.15) is 5.10 Å². The standard InChI is InChI=1S/C36H37N5O2/c1-25-18-34(41(40-25)32-14-5-10-28(19-32)22-37)36(42)39-31-13-6-11-29(20-31)35(38-23-26-16-17-26)30-12-7-15-33(21-30)43-24-27-8-3-2-4-9-27/h2-15,18-21,26,35,38H,16-17,22-24,37H2,1H3,(H,39,42). The second-order valence-electron chi connectivity index (χ2n) is 11.2. The van der Waals surface area contributed by atoms with E-state index >= 15 is 0 Å². The highest BCUT2D eigenvalue weighted by molar-refractivity contribution is 6.03. The molecule has 7 heteroatoms. The van der Waals surface area contributed by atoms with Crippen LogP contribution in [0.1, 0.15) is 57.3 Å². The third kappa shape index (κ3) is 7.20. The molecule has 218 valence electrons. The van der Waals surface area contributed by atoms with E-state index in [0.29, 0.717) is 24.8 Å². The summed E-state index contributed by atoms with van der Waals surface area (Å²) in [7, 11) is 0. The first-order chi connectivity index (χ1) is 21.1. The Bertz CT molecular complexity index is 1690. The van der Waals surface area contributed by atoms with Gasteiger partial charge in [-0.1, -0.05) is 66.7 Å². The number of anilines is 1. The third-order valence-electron chi connectivity index (χ3n) is 7.68. The van der Waals surface area contributed by atoms with Crippen LogP contribution in [0.2, 0.25) is 0 Å². The Hall–Kier alpha value is -4.72. The molecule has 0 bridgehead atoms. The number of aryl methyl sites for hydroxylation is 1. The van der Waals surface area contributed by atoms with Crippen molar-refractivity contribution in [3.05, 3.63) is 143 Å². The number of nitrogens with two attached hydrogens (primary N) is 1. The lowest BCUT2D eigenvalue weighted by Crippen LogP contribution is -2.25. The minimum absolute atomic E-state index is 0.0514. The highest BCUT2D eigenvalue weighted by Gasteiger charge is 2.24. The van der Waals surface area contributed by atoms with Crippen LogP contribution in [-0.2, 0) is 13.2 Å². The summed E-state index contributed by atoms with van der Waals surface area (Å²) in [5, 5.41) is 11.5. The van der Waals surface area contributed by atoms with Crippen LogP contribution in [0, 0.1) is 12.8 Å². The SMILES string of the molecule is Cc1cc(C(=O)Nc2cccc(C(NCC3CC3)c3cccc(OCc4ccccc4)c3)c2)n(-c2cccc(CN)c2)n1. The van der Waals surface area contributed by atoms with Gasteiger partial charge in [0.1, 0.15) is 18.1 Å². The molecular formula is C36H37N5O2. The lowest BCUT2D eigenvalue weighted by Gasteiger charge is -2.21. The van der Waals surface area contributed by atoms with Crippen molar-refractivity contribution in [3.8, 4) is 11.4 Å². The van der Waals surface area contributed by atoms with Crippen LogP contribution in [0.3, 0.4) is 0 Å². The molecule has 7 nitrogen and oxygen atoms in total. The summed E-state index contributed by atoms with van der Waals surface area (Å²) in [5.41, 5.74) is 12.9. The van der Waals surface area contributed by atoms with Gasteiger partial charge in [-0.3, -0.25) is 4.79 Å². The number of nitrogens with one attached hydrogen (secondary N) is 2. The Morgan fingerprint density at radius 1 is 0.907 bits per heavy atom. The van der Waals surface area contributed by atoms with Crippen LogP contribution in [0.4, 0.5) is 5.69 Å². The monoisotopic (exact) mass is 571 g/mol. The van der Waals surface area contributed by atoms with Gasteiger partial charge in [0.25, 0.3) is 5.91 Å². The quantitative estimate of drug-likeness (QED) is 0.158. The summed E-state index contributed by atoms with van der Waals surface area (Å²) in [4.78, 5) is 13.6. The first kappa shape index (κ1) is 28.4. The van der Waals surface area contributed by atoms with Gasteiger partial charge in [0.05, 0.1) is 17.4 Å². The van der Waals surface area contributed by atoms with Gasteiger partial charge in [0.2, 0.25) is 0 Å². The molecule has 1 atom stereocenters. The van der Waals surface area contributed by atoms with Crippen LogP contribution in [-0.4, -0.2) is 22.2 Å². The zero-order chi connectivity index (χ0) is 29.6. The number of carbonyl (C=O) groups is 1. The van der Waals surface area contributed by atoms with E-state index in [0.717, 1.165) is 51.6 Å². The summed E-state index contributed by atoms with van der Waals surface area (Å²) >= 11 is 0. The molecule has 6 rings (SSSR count). The Balaban J connectivity index is 1.23. The number of carbonyl (C=O) groups excluding carboxylic acids is 1. The minimum atomic E-state index is -0.227. The van der Waals surface area contributed by atoms with Gasteiger partial charge in [-0.05, 0) is 96.9 Å². The van der Waals surface area contributed by atoms with Crippen molar-refractivity contribution < 1.29 is 9.53 Å². The minimum Gasteiger partial charge on any atom is -0.489 e. The molecule has 1 unspecified atom stereocenters. The maximum absolute atomic E-state index is 13.6. The molecule has 0 spiro atoms. The summed E-state index contributed by atoms with van der Waals surface area (Å²) in [6.07, 6.45) is 2.52. The molecular weight excluding hydrogens is 534 g/mol. The van der Waals surface area contributed by atoms with Gasteiger partial charge < -0.3 is 21.1 Å². The topological polar surface area (TPSA) is 94.2 Å². The van der Waals surface area contributed by atoms with E-state index < -0.39 is 0 Å². The fourth-order valence-corrected chi connectivity index (χ4v) is 5.22. The number of hydrogen-bond donors (Lipinski definition) is 3. The number of nitrogens with zero attached hydrogens (tertiary/aromatic N) is 2. The fourth-order valence-electron chi connectivity index (χ4n) is 5.22. The lowest BCUT2D eigenvalue weighted by molar-refractivity contribution is 0.101. The molecule has 1 heterocycles. The van der Waals surface area contributed by atoms with Gasteiger partial charge in [-0.25, -0.2) is 4.68 Å². The highest BCUT2D eigenvalue weighted by atomic mass is 16.5. The van der Waals surface area contributed by atoms with E-state index in [9.17, 15) is 4.79 Å². The van der Waals surface area contributed by atoms with Gasteiger partial charge in [0, 0.05) is 12.2 Å². The number of rotatable bonds is 12. The van der Waals surface area contributed by atoms with Crippen LogP contribution in [0.25, 0.3) is 5.69 Å². The van der Waals surface area contributed by atoms with Gasteiger partial charge >= 0.3 is 0 Å². The zero-order valence-electron chi connectivity index (χ0n) is 24.4. The van der Waals surface area contributed by atoms with Crippen molar-refractivity contribution in [1.29, 1.82) is 0 Å². The molecule has 1 aromatic heterocycles. The summed E-state index contributed by atoms with van der Waals surface area (Å²) in [6.45, 7) is 3.75. The fraction of sp³-hybridized carbons (Fsp3) is 0.222. The molecule has 1 amide bonds. The molecule has 0 radical (unpaired) electrons. The third-order valence-corrected chi connectivity index (χ3v) is 7.68. The molecule has 4 aromatic carbocycles. The van der Waals surface area contributed by atoms with E-state index in [2.05, 4.69) is 46.1 Å². The number of amides is 1. The van der Waals surface area contributed by atoms with Crippen molar-refractivity contribution >= 4 is 11.6 Å². The molecule has 4 N–H and O–H groups in total. The Kier molecular flexibility index (Phi) is 8.63. The number of ether oxygens (including phenoxy) is 1. The molecule has 43 heavy (non-hydrogen) atoms. The highest BCUT2D eigenvalue weighted by Crippen LogP contribution is 2.32.